The van der Waals surface area contributed by atoms with Gasteiger partial charge in [0.25, 0.3) is 0 Å². The summed E-state index contributed by atoms with van der Waals surface area (Å²) in [6.45, 7) is 0.688. The number of hydrogen-bond acceptors (Lipinski definition) is 6. The van der Waals surface area contributed by atoms with Crippen LogP contribution >= 0.6 is 11.8 Å². The summed E-state index contributed by atoms with van der Waals surface area (Å²) in [5.41, 5.74) is 0.967. The zero-order chi connectivity index (χ0) is 19.1. The number of rotatable bonds is 9. The summed E-state index contributed by atoms with van der Waals surface area (Å²) < 4.78 is 1.87. The Morgan fingerprint density at radius 2 is 1.85 bits per heavy atom. The maximum atomic E-state index is 12.5. The average Bonchev–Trinajstić information content (AvgIpc) is 3.46. The van der Waals surface area contributed by atoms with Crippen molar-refractivity contribution in [3.63, 3.8) is 0 Å². The van der Waals surface area contributed by atoms with Gasteiger partial charge in [-0.3, -0.25) is 4.79 Å². The van der Waals surface area contributed by atoms with Gasteiger partial charge in [0, 0.05) is 19.0 Å². The molecule has 1 aromatic carbocycles. The van der Waals surface area contributed by atoms with Crippen LogP contribution in [0.1, 0.15) is 37.4 Å². The van der Waals surface area contributed by atoms with Gasteiger partial charge in [-0.05, 0) is 25.0 Å². The van der Waals surface area contributed by atoms with Crippen molar-refractivity contribution in [1.29, 1.82) is 10.5 Å². The molecule has 0 radical (unpaired) electrons. The smallest absolute Gasteiger partial charge is 0.233 e. The van der Waals surface area contributed by atoms with Gasteiger partial charge in [0.05, 0.1) is 36.4 Å². The zero-order valence-electron chi connectivity index (χ0n) is 14.9. The second-order valence-electron chi connectivity index (χ2n) is 6.26. The van der Waals surface area contributed by atoms with Crippen LogP contribution in [0.3, 0.4) is 0 Å². The fourth-order valence-electron chi connectivity index (χ4n) is 2.68. The van der Waals surface area contributed by atoms with E-state index in [-0.39, 0.29) is 24.5 Å². The van der Waals surface area contributed by atoms with Crippen molar-refractivity contribution in [3.05, 3.63) is 36.2 Å². The first-order valence-electron chi connectivity index (χ1n) is 8.89. The van der Waals surface area contributed by atoms with E-state index in [0.717, 1.165) is 24.4 Å². The van der Waals surface area contributed by atoms with Gasteiger partial charge in [-0.15, -0.1) is 5.10 Å². The highest BCUT2D eigenvalue weighted by Gasteiger charge is 2.30. The molecule has 2 aromatic rings. The number of amides is 1. The molecule has 27 heavy (non-hydrogen) atoms. The lowest BCUT2D eigenvalue weighted by Gasteiger charge is -2.19. The average molecular weight is 380 g/mol. The maximum Gasteiger partial charge on any atom is 0.233 e. The van der Waals surface area contributed by atoms with Crippen LogP contribution in [0.5, 0.6) is 0 Å². The Bertz CT molecular complexity index is 845. The van der Waals surface area contributed by atoms with Gasteiger partial charge in [-0.1, -0.05) is 30.0 Å². The fraction of sp³-hybridized carbons (Fsp3) is 0.421. The quantitative estimate of drug-likeness (QED) is 0.620. The summed E-state index contributed by atoms with van der Waals surface area (Å²) in [6.07, 6.45) is 2.75. The molecule has 1 heterocycles. The topological polar surface area (TPSA) is 98.6 Å². The summed E-state index contributed by atoms with van der Waals surface area (Å²) in [7, 11) is 0. The Labute approximate surface area is 162 Å². The molecule has 8 heteroatoms. The van der Waals surface area contributed by atoms with Crippen LogP contribution in [0.4, 0.5) is 0 Å². The Morgan fingerprint density at radius 3 is 2.44 bits per heavy atom. The second kappa shape index (κ2) is 9.20. The maximum absolute atomic E-state index is 12.5. The lowest BCUT2D eigenvalue weighted by molar-refractivity contribution is -0.128. The minimum absolute atomic E-state index is 0.102. The van der Waals surface area contributed by atoms with Gasteiger partial charge in [0.15, 0.2) is 0 Å². The third kappa shape index (κ3) is 5.08. The molecule has 3 rings (SSSR count). The molecule has 138 valence electrons. The molecule has 0 atom stereocenters. The molecular formula is C19H20N6OS. The summed E-state index contributed by atoms with van der Waals surface area (Å²) >= 11 is 1.30. The Kier molecular flexibility index (Phi) is 6.45. The molecule has 0 bridgehead atoms. The van der Waals surface area contributed by atoms with E-state index in [2.05, 4.69) is 10.1 Å². The van der Waals surface area contributed by atoms with Crippen molar-refractivity contribution in [2.45, 2.75) is 36.8 Å². The van der Waals surface area contributed by atoms with Crippen LogP contribution in [0.2, 0.25) is 0 Å². The van der Waals surface area contributed by atoms with Crippen LogP contribution in [0, 0.1) is 22.7 Å². The van der Waals surface area contributed by atoms with E-state index in [0.29, 0.717) is 24.2 Å². The van der Waals surface area contributed by atoms with Crippen molar-refractivity contribution in [2.24, 2.45) is 0 Å². The predicted octanol–water partition coefficient (Wildman–Crippen LogP) is 2.89. The number of thioether (sulfide) groups is 1. The highest BCUT2D eigenvalue weighted by Crippen LogP contribution is 2.40. The van der Waals surface area contributed by atoms with Crippen molar-refractivity contribution >= 4 is 17.7 Å². The Hall–Kier alpha value is -2.84. The van der Waals surface area contributed by atoms with Crippen molar-refractivity contribution < 1.29 is 4.79 Å². The number of nitrogens with zero attached hydrogens (tertiary/aromatic N) is 6. The molecule has 7 nitrogen and oxygen atoms in total. The van der Waals surface area contributed by atoms with E-state index >= 15 is 0 Å². The first-order chi connectivity index (χ1) is 13.2. The molecule has 0 aliphatic heterocycles. The molecule has 0 saturated heterocycles. The van der Waals surface area contributed by atoms with Gasteiger partial charge >= 0.3 is 0 Å². The van der Waals surface area contributed by atoms with Crippen LogP contribution in [-0.4, -0.2) is 44.4 Å². The van der Waals surface area contributed by atoms with Gasteiger partial charge in [0.1, 0.15) is 5.82 Å². The first-order valence-corrected chi connectivity index (χ1v) is 9.88. The Morgan fingerprint density at radius 1 is 1.19 bits per heavy atom. The highest BCUT2D eigenvalue weighted by atomic mass is 32.2. The summed E-state index contributed by atoms with van der Waals surface area (Å²) in [5, 5.41) is 22.7. The van der Waals surface area contributed by atoms with E-state index in [4.69, 9.17) is 10.5 Å². The number of hydrogen-bond donors (Lipinski definition) is 0. The van der Waals surface area contributed by atoms with Crippen LogP contribution in [-0.2, 0) is 4.79 Å². The standard InChI is InChI=1S/C19H20N6OS/c20-10-4-12-24(13-5-11-21)17(26)14-27-19-22-18(15-8-9-15)25(23-19)16-6-2-1-3-7-16/h1-3,6-7,15H,4-5,8-9,12-14H2. The van der Waals surface area contributed by atoms with Crippen LogP contribution < -0.4 is 0 Å². The zero-order valence-corrected chi connectivity index (χ0v) is 15.7. The number of carbonyl (C=O) groups excluding carboxylic acids is 1. The number of nitriles is 2. The van der Waals surface area contributed by atoms with E-state index in [9.17, 15) is 4.79 Å². The molecule has 1 amide bonds. The normalized spacial score (nSPS) is 13.0. The van der Waals surface area contributed by atoms with E-state index in [1.807, 2.05) is 47.2 Å². The molecule has 1 saturated carbocycles. The Balaban J connectivity index is 1.68. The highest BCUT2D eigenvalue weighted by molar-refractivity contribution is 7.99. The fourth-order valence-corrected chi connectivity index (χ4v) is 3.41. The third-order valence-electron chi connectivity index (χ3n) is 4.22. The van der Waals surface area contributed by atoms with Crippen molar-refractivity contribution in [3.8, 4) is 17.8 Å². The summed E-state index contributed by atoms with van der Waals surface area (Å²) in [6, 6.07) is 14.0. The van der Waals surface area contributed by atoms with Gasteiger partial charge in [-0.2, -0.15) is 10.5 Å². The van der Waals surface area contributed by atoms with Gasteiger partial charge in [0.2, 0.25) is 11.1 Å². The van der Waals surface area contributed by atoms with Gasteiger partial charge in [-0.25, -0.2) is 9.67 Å². The summed E-state index contributed by atoms with van der Waals surface area (Å²) in [5.74, 6) is 1.47. The SMILES string of the molecule is N#CCCN(CCC#N)C(=O)CSc1nc(C2CC2)n(-c2ccccc2)n1. The monoisotopic (exact) mass is 380 g/mol. The largest absolute Gasteiger partial charge is 0.340 e. The van der Waals surface area contributed by atoms with Crippen LogP contribution in [0.25, 0.3) is 5.69 Å². The molecule has 0 spiro atoms. The van der Waals surface area contributed by atoms with Crippen LogP contribution in [0.15, 0.2) is 35.5 Å². The van der Waals surface area contributed by atoms with E-state index < -0.39 is 0 Å². The molecule has 1 aromatic heterocycles. The van der Waals surface area contributed by atoms with E-state index in [1.54, 1.807) is 4.90 Å². The summed E-state index contributed by atoms with van der Waals surface area (Å²) in [4.78, 5) is 18.7. The number of carbonyl (C=O) groups is 1. The number of aromatic nitrogens is 3. The minimum Gasteiger partial charge on any atom is -0.340 e. The second-order valence-corrected chi connectivity index (χ2v) is 7.20. The lowest BCUT2D eigenvalue weighted by Crippen LogP contribution is -2.34. The first kappa shape index (κ1) is 18.9. The van der Waals surface area contributed by atoms with Crippen molar-refractivity contribution in [2.75, 3.05) is 18.8 Å². The molecular weight excluding hydrogens is 360 g/mol. The lowest BCUT2D eigenvalue weighted by atomic mass is 10.3. The van der Waals surface area contributed by atoms with Gasteiger partial charge < -0.3 is 4.90 Å². The molecule has 0 unspecified atom stereocenters. The molecule has 1 fully saturated rings. The molecule has 0 N–H and O–H groups in total. The minimum atomic E-state index is -0.102. The molecule has 1 aliphatic rings. The van der Waals surface area contributed by atoms with Crippen molar-refractivity contribution in [1.82, 2.24) is 19.7 Å². The molecule has 1 aliphatic carbocycles. The number of para-hydroxylation sites is 1. The van der Waals surface area contributed by atoms with E-state index in [1.165, 1.54) is 11.8 Å². The predicted molar refractivity (Wildman–Crippen MR) is 101 cm³/mol. The third-order valence-corrected chi connectivity index (χ3v) is 5.04. The number of benzene rings is 1.